The predicted molar refractivity (Wildman–Crippen MR) is 225 cm³/mol. The number of hydrogen-bond acceptors (Lipinski definition) is 7. The molecule has 296 valence electrons. The lowest BCUT2D eigenvalue weighted by atomic mass is 9.92. The Morgan fingerprint density at radius 3 is 2.50 bits per heavy atom. The Labute approximate surface area is 345 Å². The zero-order valence-electron chi connectivity index (χ0n) is 32.3. The third-order valence-electron chi connectivity index (χ3n) is 12.2. The molecule has 1 fully saturated rings. The summed E-state index contributed by atoms with van der Waals surface area (Å²) in [6.07, 6.45) is 5.34. The molecule has 10 rings (SSSR count). The molecule has 11 nitrogen and oxygen atoms in total. The maximum atomic E-state index is 15.3. The summed E-state index contributed by atoms with van der Waals surface area (Å²) in [6.45, 7) is 4.99. The Bertz CT molecular complexity index is 2570. The molecule has 4 aliphatic rings. The number of amides is 2. The summed E-state index contributed by atoms with van der Waals surface area (Å²) in [4.78, 5) is 36.7. The van der Waals surface area contributed by atoms with E-state index in [9.17, 15) is 5.11 Å². The van der Waals surface area contributed by atoms with Gasteiger partial charge in [-0.15, -0.1) is 0 Å². The molecular weight excluding hydrogens is 798 g/mol. The number of aromatic hydroxyl groups is 1. The van der Waals surface area contributed by atoms with Gasteiger partial charge in [0, 0.05) is 95.7 Å². The smallest absolute Gasteiger partial charge is 0.264 e. The average Bonchev–Trinajstić information content (AvgIpc) is 3.98. The second kappa shape index (κ2) is 15.0. The van der Waals surface area contributed by atoms with Crippen LogP contribution in [0.25, 0.3) is 22.2 Å². The van der Waals surface area contributed by atoms with Crippen molar-refractivity contribution in [2.24, 2.45) is 7.05 Å². The predicted octanol–water partition coefficient (Wildman–Crippen LogP) is 8.06. The number of anilines is 2. The van der Waals surface area contributed by atoms with Gasteiger partial charge in [-0.3, -0.25) is 19.4 Å². The number of hydrogen-bond donors (Lipinski definition) is 1. The molecule has 0 radical (unpaired) electrons. The summed E-state index contributed by atoms with van der Waals surface area (Å²) in [5.74, 6) is 0.961. The molecule has 58 heavy (non-hydrogen) atoms. The molecule has 0 aliphatic carbocycles. The highest BCUT2D eigenvalue weighted by Crippen LogP contribution is 2.43. The van der Waals surface area contributed by atoms with Gasteiger partial charge in [0.25, 0.3) is 11.8 Å². The van der Waals surface area contributed by atoms with Crippen molar-refractivity contribution in [2.45, 2.75) is 44.8 Å². The second-order valence-corrected chi connectivity index (χ2v) is 16.5. The molecule has 2 aromatic heterocycles. The lowest BCUT2D eigenvalue weighted by Gasteiger charge is -2.41. The van der Waals surface area contributed by atoms with Crippen LogP contribution in [-0.4, -0.2) is 81.5 Å². The molecular formula is C46H44BrN5O6. The number of aromatic nitrogens is 2. The molecule has 0 spiro atoms. The van der Waals surface area contributed by atoms with Crippen LogP contribution in [0.15, 0.2) is 95.6 Å². The Hall–Kier alpha value is -5.56. The number of phenolic OH excluding ortho intramolecular Hbond substituents is 1. The standard InChI is InChI=1S/C46H44BrN5O6/c1-48-16-14-29-21-32(10-13-40(29)48)52(31-8-11-34(53)12-9-31)46(55)38-23-42(50-15-3-2-7-41(38)50)36-24-43-44(58-28-57-43)25-37(36)45(54)51-26-30-5-4-6-39(47)35(30)22-33(51)27-49-17-19-56-20-18-49/h4-6,8-14,16,21,23-25,33,53H,2-3,7,15,17-20,22,26-28H2,1H3/t33-/m0/s1. The van der Waals surface area contributed by atoms with Gasteiger partial charge in [0.1, 0.15) is 5.75 Å². The summed E-state index contributed by atoms with van der Waals surface area (Å²) in [5.41, 5.74) is 8.32. The van der Waals surface area contributed by atoms with Crippen molar-refractivity contribution in [3.8, 4) is 28.5 Å². The van der Waals surface area contributed by atoms with Gasteiger partial charge in [-0.25, -0.2) is 0 Å². The van der Waals surface area contributed by atoms with E-state index in [2.05, 4.69) is 42.1 Å². The van der Waals surface area contributed by atoms with Gasteiger partial charge in [-0.1, -0.05) is 28.1 Å². The maximum Gasteiger partial charge on any atom is 0.264 e. The van der Waals surface area contributed by atoms with Crippen molar-refractivity contribution >= 4 is 50.0 Å². The zero-order chi connectivity index (χ0) is 39.5. The molecule has 1 N–H and O–H groups in total. The molecule has 4 aromatic carbocycles. The highest BCUT2D eigenvalue weighted by Gasteiger charge is 2.37. The molecule has 1 atom stereocenters. The number of halogens is 1. The normalized spacial score (nSPS) is 17.6. The van der Waals surface area contributed by atoms with Gasteiger partial charge in [0.2, 0.25) is 6.79 Å². The van der Waals surface area contributed by atoms with Gasteiger partial charge in [-0.2, -0.15) is 0 Å². The van der Waals surface area contributed by atoms with Crippen molar-refractivity contribution in [3.63, 3.8) is 0 Å². The monoisotopic (exact) mass is 841 g/mol. The fourth-order valence-corrected chi connectivity index (χ4v) is 9.77. The molecule has 6 aromatic rings. The number of ether oxygens (including phenoxy) is 3. The van der Waals surface area contributed by atoms with Crippen LogP contribution in [-0.2, 0) is 37.7 Å². The molecule has 0 unspecified atom stereocenters. The number of morpholine rings is 1. The van der Waals surface area contributed by atoms with E-state index in [0.29, 0.717) is 65.9 Å². The van der Waals surface area contributed by atoms with Crippen molar-refractivity contribution in [1.29, 1.82) is 0 Å². The first-order valence-electron chi connectivity index (χ1n) is 20.0. The van der Waals surface area contributed by atoms with E-state index in [-0.39, 0.29) is 30.4 Å². The minimum Gasteiger partial charge on any atom is -0.508 e. The Kier molecular flexibility index (Phi) is 9.50. The van der Waals surface area contributed by atoms with Crippen LogP contribution in [0, 0.1) is 0 Å². The van der Waals surface area contributed by atoms with Crippen molar-refractivity contribution in [2.75, 3.05) is 44.5 Å². The highest BCUT2D eigenvalue weighted by atomic mass is 79.9. The van der Waals surface area contributed by atoms with Crippen LogP contribution in [0.5, 0.6) is 17.2 Å². The number of benzene rings is 4. The van der Waals surface area contributed by atoms with E-state index < -0.39 is 0 Å². The first-order valence-corrected chi connectivity index (χ1v) is 20.8. The van der Waals surface area contributed by atoms with Gasteiger partial charge in [0.05, 0.1) is 24.3 Å². The Morgan fingerprint density at radius 1 is 0.879 bits per heavy atom. The summed E-state index contributed by atoms with van der Waals surface area (Å²) >= 11 is 3.80. The summed E-state index contributed by atoms with van der Waals surface area (Å²) in [7, 11) is 2.00. The molecule has 2 amide bonds. The van der Waals surface area contributed by atoms with Crippen LogP contribution in [0.1, 0.15) is 50.4 Å². The molecule has 12 heteroatoms. The first-order chi connectivity index (χ1) is 28.3. The van der Waals surface area contributed by atoms with Crippen molar-refractivity contribution in [3.05, 3.63) is 124 Å². The van der Waals surface area contributed by atoms with Gasteiger partial charge >= 0.3 is 0 Å². The number of carbonyl (C=O) groups is 2. The highest BCUT2D eigenvalue weighted by molar-refractivity contribution is 9.10. The largest absolute Gasteiger partial charge is 0.508 e. The number of carbonyl (C=O) groups excluding carboxylic acids is 2. The number of rotatable bonds is 7. The summed E-state index contributed by atoms with van der Waals surface area (Å²) in [5, 5.41) is 11.2. The fourth-order valence-electron chi connectivity index (χ4n) is 9.20. The number of nitrogens with zero attached hydrogens (tertiary/aromatic N) is 5. The van der Waals surface area contributed by atoms with Crippen molar-refractivity contribution < 1.29 is 28.9 Å². The molecule has 6 heterocycles. The third kappa shape index (κ3) is 6.53. The van der Waals surface area contributed by atoms with Crippen molar-refractivity contribution in [1.82, 2.24) is 18.9 Å². The average molecular weight is 843 g/mol. The molecule has 0 saturated carbocycles. The summed E-state index contributed by atoms with van der Waals surface area (Å²) in [6, 6.07) is 26.7. The van der Waals surface area contributed by atoms with E-state index >= 15 is 9.59 Å². The van der Waals surface area contributed by atoms with Crippen LogP contribution < -0.4 is 14.4 Å². The molecule has 0 bridgehead atoms. The first kappa shape index (κ1) is 36.8. The van der Waals surface area contributed by atoms with Crippen LogP contribution in [0.3, 0.4) is 0 Å². The molecule has 4 aliphatic heterocycles. The van der Waals surface area contributed by atoms with E-state index in [1.165, 1.54) is 5.56 Å². The SMILES string of the molecule is Cn1ccc2cc(N(C(=O)c3cc(-c4cc5c(cc4C(=O)N4Cc6cccc(Br)c6C[C@H]4CN4CCOCC4)OCO5)n4c3CCCC4)c3ccc(O)cc3)ccc21. The Morgan fingerprint density at radius 2 is 1.67 bits per heavy atom. The summed E-state index contributed by atoms with van der Waals surface area (Å²) < 4.78 is 22.9. The quantitative estimate of drug-likeness (QED) is 0.174. The molecule has 1 saturated heterocycles. The zero-order valence-corrected chi connectivity index (χ0v) is 33.9. The number of fused-ring (bicyclic) bond motifs is 4. The van der Waals surface area contributed by atoms with Gasteiger partial charge < -0.3 is 33.4 Å². The van der Waals surface area contributed by atoms with Gasteiger partial charge in [-0.05, 0) is 110 Å². The maximum absolute atomic E-state index is 15.3. The van der Waals surface area contributed by atoms with E-state index in [1.54, 1.807) is 29.2 Å². The lowest BCUT2D eigenvalue weighted by molar-refractivity contribution is 0.0192. The van der Waals surface area contributed by atoms with Crippen LogP contribution in [0.2, 0.25) is 0 Å². The van der Waals surface area contributed by atoms with E-state index in [4.69, 9.17) is 14.2 Å². The van der Waals surface area contributed by atoms with E-state index in [0.717, 1.165) is 77.6 Å². The second-order valence-electron chi connectivity index (χ2n) is 15.7. The van der Waals surface area contributed by atoms with Crippen LogP contribution >= 0.6 is 15.9 Å². The van der Waals surface area contributed by atoms with Gasteiger partial charge in [0.15, 0.2) is 11.5 Å². The van der Waals surface area contributed by atoms with Crippen LogP contribution in [0.4, 0.5) is 11.4 Å². The minimum atomic E-state index is -0.185. The Balaban J connectivity index is 1.09. The number of aryl methyl sites for hydroxylation is 1. The third-order valence-corrected chi connectivity index (χ3v) is 13.0. The number of phenols is 1. The van der Waals surface area contributed by atoms with E-state index in [1.807, 2.05) is 66.7 Å². The topological polar surface area (TPSA) is 102 Å². The lowest BCUT2D eigenvalue weighted by Crippen LogP contribution is -2.52. The minimum absolute atomic E-state index is 0.0700. The fraction of sp³-hybridized carbons (Fsp3) is 0.304.